The van der Waals surface area contributed by atoms with E-state index in [0.29, 0.717) is 6.17 Å². The molecule has 1 aromatic rings. The highest BCUT2D eigenvalue weighted by atomic mass is 15.2. The molecule has 0 bridgehead atoms. The lowest BCUT2D eigenvalue weighted by Gasteiger charge is -2.01. The van der Waals surface area contributed by atoms with Crippen LogP contribution >= 0.6 is 0 Å². The van der Waals surface area contributed by atoms with Crippen LogP contribution in [0, 0.1) is 6.92 Å². The molecule has 13 heavy (non-hydrogen) atoms. The van der Waals surface area contributed by atoms with Crippen LogP contribution < -0.4 is 10.6 Å². The van der Waals surface area contributed by atoms with E-state index in [4.69, 9.17) is 0 Å². The van der Waals surface area contributed by atoms with Gasteiger partial charge in [-0.25, -0.2) is 4.98 Å². The van der Waals surface area contributed by atoms with Gasteiger partial charge in [0.1, 0.15) is 0 Å². The van der Waals surface area contributed by atoms with E-state index in [0.717, 1.165) is 17.2 Å². The van der Waals surface area contributed by atoms with Crippen molar-refractivity contribution in [2.24, 2.45) is 0 Å². The Hall–Kier alpha value is -1.25. The zero-order chi connectivity index (χ0) is 9.84. The zero-order valence-corrected chi connectivity index (χ0v) is 8.68. The molecule has 1 aromatic heterocycles. The topological polar surface area (TPSA) is 37.0 Å². The normalized spacial score (nSPS) is 17.7. The van der Waals surface area contributed by atoms with E-state index in [1.165, 1.54) is 0 Å². The highest BCUT2D eigenvalue weighted by Gasteiger charge is 2.15. The van der Waals surface area contributed by atoms with Gasteiger partial charge in [0.05, 0.1) is 11.9 Å². The van der Waals surface area contributed by atoms with E-state index in [2.05, 4.69) is 22.5 Å². The van der Waals surface area contributed by atoms with Crippen molar-refractivity contribution >= 4 is 11.5 Å². The van der Waals surface area contributed by atoms with Gasteiger partial charge < -0.3 is 10.6 Å². The molecular weight excluding hydrogens is 162 g/mol. The van der Waals surface area contributed by atoms with Gasteiger partial charge in [0.15, 0.2) is 5.82 Å². The molecule has 1 aliphatic rings. The molecule has 0 amide bonds. The Morgan fingerprint density at radius 1 is 1.23 bits per heavy atom. The highest BCUT2D eigenvalue weighted by molar-refractivity contribution is 5.70. The van der Waals surface area contributed by atoms with Gasteiger partial charge in [-0.3, -0.25) is 0 Å². The molecule has 2 rings (SSSR count). The number of aryl methyl sites for hydroxylation is 1. The molecule has 0 fully saturated rings. The molecule has 3 heteroatoms. The summed E-state index contributed by atoms with van der Waals surface area (Å²) in [5, 5.41) is 6.47. The maximum absolute atomic E-state index is 4.33. The quantitative estimate of drug-likeness (QED) is 0.642. The Labute approximate surface area is 79.6 Å². The first-order chi connectivity index (χ1) is 6.25. The molecule has 1 unspecified atom stereocenters. The third kappa shape index (κ3) is 2.11. The smallest absolute Gasteiger partial charge is 0.151 e. The number of aromatic nitrogens is 1. The van der Waals surface area contributed by atoms with E-state index in [1.807, 2.05) is 32.9 Å². The van der Waals surface area contributed by atoms with Gasteiger partial charge in [-0.1, -0.05) is 13.8 Å². The molecule has 2 heterocycles. The maximum Gasteiger partial charge on any atom is 0.151 e. The van der Waals surface area contributed by atoms with Crippen molar-refractivity contribution in [3.8, 4) is 0 Å². The molecule has 1 aliphatic heterocycles. The fourth-order valence-electron chi connectivity index (χ4n) is 1.26. The van der Waals surface area contributed by atoms with Crippen LogP contribution in [0.5, 0.6) is 0 Å². The number of hydrogen-bond donors (Lipinski definition) is 2. The molecule has 0 saturated carbocycles. The zero-order valence-electron chi connectivity index (χ0n) is 8.68. The van der Waals surface area contributed by atoms with E-state index in [9.17, 15) is 0 Å². The average molecular weight is 179 g/mol. The third-order valence-corrected chi connectivity index (χ3v) is 1.76. The van der Waals surface area contributed by atoms with Crippen molar-refractivity contribution in [3.05, 3.63) is 17.8 Å². The lowest BCUT2D eigenvalue weighted by Crippen LogP contribution is -2.16. The van der Waals surface area contributed by atoms with E-state index < -0.39 is 0 Å². The first-order valence-electron chi connectivity index (χ1n) is 4.76. The summed E-state index contributed by atoms with van der Waals surface area (Å²) >= 11 is 0. The summed E-state index contributed by atoms with van der Waals surface area (Å²) in [6.07, 6.45) is 0.305. The molecule has 0 spiro atoms. The first kappa shape index (κ1) is 9.84. The van der Waals surface area contributed by atoms with E-state index >= 15 is 0 Å². The summed E-state index contributed by atoms with van der Waals surface area (Å²) in [5.41, 5.74) is 2.15. The molecule has 0 saturated heterocycles. The summed E-state index contributed by atoms with van der Waals surface area (Å²) < 4.78 is 0. The average Bonchev–Trinajstić information content (AvgIpc) is 2.48. The Bertz CT molecular complexity index is 283. The fraction of sp³-hybridized carbons (Fsp3) is 0.500. The van der Waals surface area contributed by atoms with Crippen LogP contribution in [0.2, 0.25) is 0 Å². The number of pyridine rings is 1. The Kier molecular flexibility index (Phi) is 3.12. The molecule has 3 nitrogen and oxygen atoms in total. The summed E-state index contributed by atoms with van der Waals surface area (Å²) in [6, 6.07) is 4.06. The molecule has 2 N–H and O–H groups in total. The molecule has 0 aromatic carbocycles. The number of hydrogen-bond acceptors (Lipinski definition) is 3. The van der Waals surface area contributed by atoms with Crippen molar-refractivity contribution < 1.29 is 0 Å². The van der Waals surface area contributed by atoms with E-state index in [-0.39, 0.29) is 0 Å². The predicted octanol–water partition coefficient (Wildman–Crippen LogP) is 2.60. The van der Waals surface area contributed by atoms with Gasteiger partial charge in [0, 0.05) is 5.69 Å². The van der Waals surface area contributed by atoms with Crippen LogP contribution in [0.25, 0.3) is 0 Å². The highest BCUT2D eigenvalue weighted by Crippen LogP contribution is 2.25. The van der Waals surface area contributed by atoms with Gasteiger partial charge in [-0.15, -0.1) is 0 Å². The number of rotatable bonds is 0. The Balaban J connectivity index is 0.000000396. The minimum atomic E-state index is 0.305. The van der Waals surface area contributed by atoms with Gasteiger partial charge in [-0.05, 0) is 26.0 Å². The SMILES string of the molecule is CC.Cc1ccc2c(n1)NC(C)N2. The number of nitrogens with one attached hydrogen (secondary N) is 2. The lowest BCUT2D eigenvalue weighted by molar-refractivity contribution is 0.950. The molecule has 1 atom stereocenters. The van der Waals surface area contributed by atoms with Crippen LogP contribution in [-0.4, -0.2) is 11.1 Å². The lowest BCUT2D eigenvalue weighted by atomic mass is 10.3. The minimum Gasteiger partial charge on any atom is -0.363 e. The number of anilines is 2. The van der Waals surface area contributed by atoms with Crippen molar-refractivity contribution in [1.82, 2.24) is 4.98 Å². The van der Waals surface area contributed by atoms with Crippen molar-refractivity contribution in [3.63, 3.8) is 0 Å². The second-order valence-corrected chi connectivity index (χ2v) is 2.86. The molecule has 0 aliphatic carbocycles. The van der Waals surface area contributed by atoms with Crippen LogP contribution in [0.3, 0.4) is 0 Å². The predicted molar refractivity (Wildman–Crippen MR) is 57.0 cm³/mol. The van der Waals surface area contributed by atoms with Gasteiger partial charge in [0.2, 0.25) is 0 Å². The van der Waals surface area contributed by atoms with Gasteiger partial charge in [-0.2, -0.15) is 0 Å². The first-order valence-corrected chi connectivity index (χ1v) is 4.76. The Morgan fingerprint density at radius 3 is 2.62 bits per heavy atom. The number of fused-ring (bicyclic) bond motifs is 1. The fourth-order valence-corrected chi connectivity index (χ4v) is 1.26. The summed E-state index contributed by atoms with van der Waals surface area (Å²) in [4.78, 5) is 4.33. The van der Waals surface area contributed by atoms with Crippen LogP contribution in [0.1, 0.15) is 26.5 Å². The van der Waals surface area contributed by atoms with Crippen LogP contribution in [0.15, 0.2) is 12.1 Å². The summed E-state index contributed by atoms with van der Waals surface area (Å²) in [6.45, 7) is 8.06. The van der Waals surface area contributed by atoms with Crippen molar-refractivity contribution in [1.29, 1.82) is 0 Å². The number of nitrogens with zero attached hydrogens (tertiary/aromatic N) is 1. The second-order valence-electron chi connectivity index (χ2n) is 2.86. The van der Waals surface area contributed by atoms with Gasteiger partial charge in [0.25, 0.3) is 0 Å². The van der Waals surface area contributed by atoms with Crippen LogP contribution in [0.4, 0.5) is 11.5 Å². The molecular formula is C10H17N3. The van der Waals surface area contributed by atoms with Crippen molar-refractivity contribution in [2.45, 2.75) is 33.9 Å². The van der Waals surface area contributed by atoms with Gasteiger partial charge >= 0.3 is 0 Å². The third-order valence-electron chi connectivity index (χ3n) is 1.76. The Morgan fingerprint density at radius 2 is 1.92 bits per heavy atom. The minimum absolute atomic E-state index is 0.305. The maximum atomic E-state index is 4.33. The standard InChI is InChI=1S/C8H11N3.C2H6/c1-5-3-4-7-8(9-5)11-6(2)10-7;1-2/h3-4,6,10H,1-2H3,(H,9,11);1-2H3. The van der Waals surface area contributed by atoms with E-state index in [1.54, 1.807) is 0 Å². The molecule has 72 valence electrons. The summed E-state index contributed by atoms with van der Waals surface area (Å²) in [7, 11) is 0. The largest absolute Gasteiger partial charge is 0.363 e. The van der Waals surface area contributed by atoms with Crippen LogP contribution in [-0.2, 0) is 0 Å². The summed E-state index contributed by atoms with van der Waals surface area (Å²) in [5.74, 6) is 0.970. The molecule has 0 radical (unpaired) electrons. The second kappa shape index (κ2) is 4.12. The van der Waals surface area contributed by atoms with Crippen molar-refractivity contribution in [2.75, 3.05) is 10.6 Å². The monoisotopic (exact) mass is 179 g/mol.